The third kappa shape index (κ3) is 6.95. The van der Waals surface area contributed by atoms with E-state index in [2.05, 4.69) is 20.8 Å². The highest BCUT2D eigenvalue weighted by Crippen LogP contribution is 2.35. The summed E-state index contributed by atoms with van der Waals surface area (Å²) in [5.74, 6) is -1.30. The van der Waals surface area contributed by atoms with Crippen molar-refractivity contribution in [2.45, 2.75) is 46.4 Å². The maximum Gasteiger partial charge on any atom is 0.276 e. The van der Waals surface area contributed by atoms with Crippen LogP contribution in [0.3, 0.4) is 0 Å². The van der Waals surface area contributed by atoms with E-state index in [-0.39, 0.29) is 58.3 Å². The van der Waals surface area contributed by atoms with Crippen LogP contribution in [0.25, 0.3) is 0 Å². The largest absolute Gasteiger partial charge is 0.482 e. The molecule has 3 atom stereocenters. The molecule has 39 heavy (non-hydrogen) atoms. The van der Waals surface area contributed by atoms with E-state index in [4.69, 9.17) is 33.7 Å². The maximum absolute atomic E-state index is 13.9. The first-order valence-electron chi connectivity index (χ1n) is 11.9. The van der Waals surface area contributed by atoms with Gasteiger partial charge in [0.15, 0.2) is 17.3 Å². The van der Waals surface area contributed by atoms with Crippen LogP contribution in [0, 0.1) is 5.82 Å². The molecule has 2 heterocycles. The maximum atomic E-state index is 13.9. The second kappa shape index (κ2) is 12.6. The van der Waals surface area contributed by atoms with Crippen molar-refractivity contribution in [2.24, 2.45) is 0 Å². The van der Waals surface area contributed by atoms with Gasteiger partial charge in [-0.1, -0.05) is 30.6 Å². The Balaban J connectivity index is 0.00000420. The van der Waals surface area contributed by atoms with Crippen LogP contribution in [0.15, 0.2) is 42.5 Å². The van der Waals surface area contributed by atoms with E-state index < -0.39 is 17.8 Å². The number of nitrogen functional groups attached to an aromatic ring is 1. The third-order valence-electron chi connectivity index (χ3n) is 6.04. The van der Waals surface area contributed by atoms with Gasteiger partial charge in [0.25, 0.3) is 11.8 Å². The van der Waals surface area contributed by atoms with E-state index in [9.17, 15) is 14.0 Å². The summed E-state index contributed by atoms with van der Waals surface area (Å²) in [5, 5.41) is 13.8. The minimum absolute atomic E-state index is 0. The molecule has 0 saturated carbocycles. The highest BCUT2D eigenvalue weighted by molar-refractivity contribution is 6.36. The number of aromatic nitrogens is 2. The lowest BCUT2D eigenvalue weighted by Gasteiger charge is -2.36. The number of ether oxygens (including phenoxy) is 1. The zero-order chi connectivity index (χ0) is 27.6. The number of amides is 2. The van der Waals surface area contributed by atoms with E-state index >= 15 is 0 Å². The average Bonchev–Trinajstić information content (AvgIpc) is 2.87. The number of hydrogen-bond donors (Lipinski definition) is 3. The molecule has 2 amide bonds. The Bertz CT molecular complexity index is 1350. The van der Waals surface area contributed by atoms with Crippen LogP contribution in [0.1, 0.15) is 60.7 Å². The van der Waals surface area contributed by atoms with Gasteiger partial charge in [0.1, 0.15) is 11.9 Å². The van der Waals surface area contributed by atoms with Crippen molar-refractivity contribution >= 4 is 46.5 Å². The second-order valence-electron chi connectivity index (χ2n) is 9.21. The second-order valence-corrected chi connectivity index (χ2v) is 9.99. The van der Waals surface area contributed by atoms with Gasteiger partial charge in [0.2, 0.25) is 0 Å². The number of halogens is 3. The van der Waals surface area contributed by atoms with Crippen molar-refractivity contribution in [1.29, 1.82) is 0 Å². The van der Waals surface area contributed by atoms with Crippen LogP contribution in [0.2, 0.25) is 10.0 Å². The number of carbonyl (C=O) groups excluding carboxylic acids is 2. The van der Waals surface area contributed by atoms with Crippen LogP contribution < -0.4 is 21.1 Å². The van der Waals surface area contributed by atoms with Gasteiger partial charge in [0.05, 0.1) is 5.02 Å². The summed E-state index contributed by atoms with van der Waals surface area (Å²) in [6.45, 7) is 6.93. The van der Waals surface area contributed by atoms with Crippen LogP contribution >= 0.6 is 23.2 Å². The molecule has 208 valence electrons. The number of benzene rings is 2. The number of nitrogens with two attached hydrogens (primary N) is 1. The quantitative estimate of drug-likeness (QED) is 0.338. The first kappa shape index (κ1) is 30.1. The SMILES string of the molecule is C.C[C@@H]1CN(C(=O)c2ccc(NC(=O)c3cc(O[C@H](C)c4c(Cl)ccc(F)c4Cl)c(N)nn3)cc2)C[C@H](C)N1. The van der Waals surface area contributed by atoms with E-state index in [1.54, 1.807) is 31.2 Å². The fourth-order valence-electron chi connectivity index (χ4n) is 4.32. The summed E-state index contributed by atoms with van der Waals surface area (Å²) in [7, 11) is 0. The molecule has 0 radical (unpaired) electrons. The summed E-state index contributed by atoms with van der Waals surface area (Å²) in [4.78, 5) is 27.6. The molecule has 0 unspecified atom stereocenters. The molecule has 2 aromatic carbocycles. The standard InChI is InChI=1S/C26H27Cl2FN6O3.CH4/c1-13-11-35(12-14(2)31-13)26(37)16-4-6-17(7-5-16)32-25(36)20-10-21(24(30)34-33-20)38-15(3)22-18(27)8-9-19(29)23(22)28;/h4-10,13-15,31H,11-12H2,1-3H3,(H2,30,34)(H,32,36);1H4/t13-,14+,15-;/m1./s1. The summed E-state index contributed by atoms with van der Waals surface area (Å²) in [5.41, 5.74) is 7.04. The monoisotopic (exact) mass is 576 g/mol. The smallest absolute Gasteiger partial charge is 0.276 e. The molecule has 0 spiro atoms. The van der Waals surface area contributed by atoms with Gasteiger partial charge in [-0.25, -0.2) is 4.39 Å². The van der Waals surface area contributed by atoms with Crippen molar-refractivity contribution in [3.63, 3.8) is 0 Å². The highest BCUT2D eigenvalue weighted by Gasteiger charge is 2.26. The van der Waals surface area contributed by atoms with Crippen molar-refractivity contribution < 1.29 is 18.7 Å². The van der Waals surface area contributed by atoms with Gasteiger partial charge in [-0.05, 0) is 57.2 Å². The third-order valence-corrected chi connectivity index (χ3v) is 6.76. The molecule has 1 fully saturated rings. The Morgan fingerprint density at radius 2 is 1.77 bits per heavy atom. The molecule has 12 heteroatoms. The van der Waals surface area contributed by atoms with Crippen molar-refractivity contribution in [1.82, 2.24) is 20.4 Å². The predicted octanol–water partition coefficient (Wildman–Crippen LogP) is 5.36. The molecule has 1 aromatic heterocycles. The molecule has 0 bridgehead atoms. The van der Waals surface area contributed by atoms with E-state index in [0.29, 0.717) is 24.3 Å². The zero-order valence-corrected chi connectivity index (χ0v) is 22.5. The molecule has 3 aromatic rings. The van der Waals surface area contributed by atoms with Crippen molar-refractivity contribution in [2.75, 3.05) is 24.1 Å². The fraction of sp³-hybridized carbons (Fsp3) is 0.333. The normalized spacial score (nSPS) is 17.6. The minimum atomic E-state index is -0.806. The van der Waals surface area contributed by atoms with E-state index in [1.165, 1.54) is 12.1 Å². The molecule has 4 N–H and O–H groups in total. The average molecular weight is 577 g/mol. The van der Waals surface area contributed by atoms with Crippen LogP contribution in [-0.4, -0.2) is 52.1 Å². The number of hydrogen-bond acceptors (Lipinski definition) is 7. The fourth-order valence-corrected chi connectivity index (χ4v) is 5.00. The Hall–Kier alpha value is -3.47. The van der Waals surface area contributed by atoms with Crippen molar-refractivity contribution in [3.8, 4) is 5.75 Å². The van der Waals surface area contributed by atoms with E-state index in [0.717, 1.165) is 6.07 Å². The lowest BCUT2D eigenvalue weighted by Crippen LogP contribution is -2.55. The molecule has 0 aliphatic carbocycles. The Kier molecular flexibility index (Phi) is 9.71. The summed E-state index contributed by atoms with van der Waals surface area (Å²) in [6.07, 6.45) is -0.806. The Morgan fingerprint density at radius 1 is 1.13 bits per heavy atom. The van der Waals surface area contributed by atoms with Gasteiger partial charge in [-0.3, -0.25) is 9.59 Å². The summed E-state index contributed by atoms with van der Waals surface area (Å²) >= 11 is 12.3. The van der Waals surface area contributed by atoms with Crippen molar-refractivity contribution in [3.05, 3.63) is 75.1 Å². The highest BCUT2D eigenvalue weighted by atomic mass is 35.5. The van der Waals surface area contributed by atoms with Gasteiger partial charge in [0, 0.05) is 53.1 Å². The van der Waals surface area contributed by atoms with Gasteiger partial charge < -0.3 is 26.0 Å². The number of carbonyl (C=O) groups is 2. The van der Waals surface area contributed by atoms with Gasteiger partial charge in [-0.2, -0.15) is 0 Å². The summed E-state index contributed by atoms with van der Waals surface area (Å²) in [6, 6.07) is 10.9. The lowest BCUT2D eigenvalue weighted by atomic mass is 10.1. The first-order chi connectivity index (χ1) is 18.0. The minimum Gasteiger partial charge on any atom is -0.482 e. The van der Waals surface area contributed by atoms with Crippen LogP contribution in [0.5, 0.6) is 5.75 Å². The number of anilines is 2. The first-order valence-corrected chi connectivity index (χ1v) is 12.7. The van der Waals surface area contributed by atoms with E-state index in [1.807, 2.05) is 18.7 Å². The Labute approximate surface area is 236 Å². The van der Waals surface area contributed by atoms with Crippen LogP contribution in [0.4, 0.5) is 15.9 Å². The number of piperazine rings is 1. The molecule has 1 aliphatic heterocycles. The molecule has 1 aliphatic rings. The van der Waals surface area contributed by atoms with Gasteiger partial charge in [-0.15, -0.1) is 10.2 Å². The zero-order valence-electron chi connectivity index (χ0n) is 21.0. The molecular formula is C27H31Cl2FN6O3. The number of nitrogens with one attached hydrogen (secondary N) is 2. The van der Waals surface area contributed by atoms with Gasteiger partial charge >= 0.3 is 0 Å². The predicted molar refractivity (Wildman–Crippen MR) is 151 cm³/mol. The molecule has 1 saturated heterocycles. The number of rotatable bonds is 6. The Morgan fingerprint density at radius 3 is 2.41 bits per heavy atom. The molecular weight excluding hydrogens is 546 g/mol. The summed E-state index contributed by atoms with van der Waals surface area (Å²) < 4.78 is 19.8. The molecule has 9 nitrogen and oxygen atoms in total. The molecule has 4 rings (SSSR count). The number of nitrogens with zero attached hydrogens (tertiary/aromatic N) is 3. The lowest BCUT2D eigenvalue weighted by molar-refractivity contribution is 0.0673. The topological polar surface area (TPSA) is 122 Å². The van der Waals surface area contributed by atoms with Crippen LogP contribution in [-0.2, 0) is 0 Å².